The molecule has 4 rings (SSSR count). The van der Waals surface area contributed by atoms with Crippen molar-refractivity contribution < 1.29 is 18.9 Å². The van der Waals surface area contributed by atoms with Crippen LogP contribution in [0.1, 0.15) is 51.9 Å². The van der Waals surface area contributed by atoms with Gasteiger partial charge in [0.1, 0.15) is 0 Å². The van der Waals surface area contributed by atoms with Crippen LogP contribution in [0, 0.1) is 11.3 Å². The molecule has 1 atom stereocenters. The van der Waals surface area contributed by atoms with Crippen LogP contribution >= 0.6 is 0 Å². The number of fused-ring (bicyclic) bond motifs is 3. The minimum atomic E-state index is -0.779. The van der Waals surface area contributed by atoms with Crippen molar-refractivity contribution in [3.05, 3.63) is 0 Å². The number of hydrogen-bond donors (Lipinski definition) is 0. The summed E-state index contributed by atoms with van der Waals surface area (Å²) >= 11 is 0. The maximum absolute atomic E-state index is 6.34. The summed E-state index contributed by atoms with van der Waals surface area (Å²) in [5, 5.41) is 0. The predicted octanol–water partition coefficient (Wildman–Crippen LogP) is 3.10. The average Bonchev–Trinajstić information content (AvgIpc) is 2.50. The molecular formula is C16H28O4. The Balaban J connectivity index is 1.77. The summed E-state index contributed by atoms with van der Waals surface area (Å²) in [5.74, 6) is -0.394. The van der Waals surface area contributed by atoms with Gasteiger partial charge in [0, 0.05) is 18.4 Å². The molecule has 0 aromatic carbocycles. The molecule has 0 amide bonds. The highest BCUT2D eigenvalue weighted by Gasteiger charge is 2.60. The summed E-state index contributed by atoms with van der Waals surface area (Å²) in [4.78, 5) is 0. The molecule has 2 bridgehead atoms. The van der Waals surface area contributed by atoms with E-state index >= 15 is 0 Å². The van der Waals surface area contributed by atoms with Gasteiger partial charge in [0.05, 0.1) is 25.9 Å². The highest BCUT2D eigenvalue weighted by atomic mass is 16.9. The monoisotopic (exact) mass is 284 g/mol. The van der Waals surface area contributed by atoms with Gasteiger partial charge in [-0.3, -0.25) is 0 Å². The summed E-state index contributed by atoms with van der Waals surface area (Å²) in [6.45, 7) is 4.36. The molecule has 4 nitrogen and oxygen atoms in total. The maximum atomic E-state index is 6.34. The number of methoxy groups -OCH3 is 1. The fourth-order valence-corrected chi connectivity index (χ4v) is 4.10. The molecule has 0 aromatic heterocycles. The Morgan fingerprint density at radius 1 is 1.10 bits per heavy atom. The Labute approximate surface area is 122 Å². The fraction of sp³-hybridized carbons (Fsp3) is 1.00. The van der Waals surface area contributed by atoms with Gasteiger partial charge >= 0.3 is 0 Å². The molecule has 3 aliphatic heterocycles. The minimum absolute atomic E-state index is 0.0127. The third kappa shape index (κ3) is 2.41. The van der Waals surface area contributed by atoms with Gasteiger partial charge < -0.3 is 18.9 Å². The van der Waals surface area contributed by atoms with Crippen molar-refractivity contribution in [1.82, 2.24) is 0 Å². The van der Waals surface area contributed by atoms with Crippen LogP contribution in [-0.2, 0) is 18.9 Å². The quantitative estimate of drug-likeness (QED) is 0.777. The van der Waals surface area contributed by atoms with Gasteiger partial charge in [0.15, 0.2) is 0 Å². The first-order chi connectivity index (χ1) is 9.75. The first-order valence-corrected chi connectivity index (χ1v) is 8.19. The van der Waals surface area contributed by atoms with Crippen molar-refractivity contribution in [3.63, 3.8) is 0 Å². The molecule has 4 aliphatic rings. The number of ether oxygens (including phenoxy) is 4. The zero-order valence-corrected chi connectivity index (χ0v) is 12.9. The van der Waals surface area contributed by atoms with E-state index in [4.69, 9.17) is 18.9 Å². The maximum Gasteiger partial charge on any atom is 0.286 e. The number of hydrogen-bond acceptors (Lipinski definition) is 4. The number of rotatable bonds is 5. The molecule has 3 heterocycles. The lowest BCUT2D eigenvalue weighted by Gasteiger charge is -2.58. The van der Waals surface area contributed by atoms with Crippen molar-refractivity contribution in [1.29, 1.82) is 0 Å². The summed E-state index contributed by atoms with van der Waals surface area (Å²) < 4.78 is 24.0. The van der Waals surface area contributed by atoms with Crippen molar-refractivity contribution in [3.8, 4) is 0 Å². The fourth-order valence-electron chi connectivity index (χ4n) is 4.10. The van der Waals surface area contributed by atoms with E-state index in [1.54, 1.807) is 7.11 Å². The van der Waals surface area contributed by atoms with E-state index < -0.39 is 5.97 Å². The van der Waals surface area contributed by atoms with Gasteiger partial charge in [0.25, 0.3) is 5.97 Å². The molecule has 20 heavy (non-hydrogen) atoms. The lowest BCUT2D eigenvalue weighted by molar-refractivity contribution is -0.509. The summed E-state index contributed by atoms with van der Waals surface area (Å²) in [6.07, 6.45) is 8.45. The van der Waals surface area contributed by atoms with Crippen LogP contribution in [0.15, 0.2) is 0 Å². The summed E-state index contributed by atoms with van der Waals surface area (Å²) in [5.41, 5.74) is -0.0127. The zero-order chi connectivity index (χ0) is 14.1. The SMILES string of the molecule is CCCC12COC(C3CCCCC3)(OC1)OC2COC. The van der Waals surface area contributed by atoms with E-state index in [9.17, 15) is 0 Å². The van der Waals surface area contributed by atoms with Crippen molar-refractivity contribution in [2.75, 3.05) is 26.9 Å². The smallest absolute Gasteiger partial charge is 0.286 e. The van der Waals surface area contributed by atoms with Gasteiger partial charge in [-0.1, -0.05) is 32.6 Å². The Morgan fingerprint density at radius 2 is 1.80 bits per heavy atom. The van der Waals surface area contributed by atoms with E-state index in [2.05, 4.69) is 6.92 Å². The predicted molar refractivity (Wildman–Crippen MR) is 75.3 cm³/mol. The highest BCUT2D eigenvalue weighted by Crippen LogP contribution is 2.51. The molecule has 0 radical (unpaired) electrons. The van der Waals surface area contributed by atoms with Crippen LogP contribution in [0.5, 0.6) is 0 Å². The van der Waals surface area contributed by atoms with Gasteiger partial charge in [-0.2, -0.15) is 0 Å². The van der Waals surface area contributed by atoms with Gasteiger partial charge in [-0.25, -0.2) is 0 Å². The molecular weight excluding hydrogens is 256 g/mol. The summed E-state index contributed by atoms with van der Waals surface area (Å²) in [6, 6.07) is 0. The minimum Gasteiger partial charge on any atom is -0.382 e. The molecule has 4 fully saturated rings. The van der Waals surface area contributed by atoms with Crippen molar-refractivity contribution in [2.24, 2.45) is 11.3 Å². The second-order valence-electron chi connectivity index (χ2n) is 6.69. The topological polar surface area (TPSA) is 36.9 Å². The highest BCUT2D eigenvalue weighted by molar-refractivity contribution is 4.97. The van der Waals surface area contributed by atoms with Crippen LogP contribution in [-0.4, -0.2) is 39.0 Å². The third-order valence-electron chi connectivity index (χ3n) is 5.28. The van der Waals surface area contributed by atoms with Gasteiger partial charge in [-0.15, -0.1) is 0 Å². The van der Waals surface area contributed by atoms with E-state index in [1.807, 2.05) is 0 Å². The molecule has 0 N–H and O–H groups in total. The zero-order valence-electron chi connectivity index (χ0n) is 12.9. The average molecular weight is 284 g/mol. The van der Waals surface area contributed by atoms with Crippen LogP contribution < -0.4 is 0 Å². The van der Waals surface area contributed by atoms with Crippen LogP contribution in [0.3, 0.4) is 0 Å². The summed E-state index contributed by atoms with van der Waals surface area (Å²) in [7, 11) is 1.75. The van der Waals surface area contributed by atoms with Crippen molar-refractivity contribution >= 4 is 0 Å². The van der Waals surface area contributed by atoms with Crippen molar-refractivity contribution in [2.45, 2.75) is 63.9 Å². The molecule has 1 saturated carbocycles. The molecule has 3 saturated heterocycles. The molecule has 116 valence electrons. The van der Waals surface area contributed by atoms with E-state index in [0.29, 0.717) is 12.5 Å². The molecule has 0 aromatic rings. The lowest BCUT2D eigenvalue weighted by atomic mass is 9.76. The van der Waals surface area contributed by atoms with Crippen LogP contribution in [0.2, 0.25) is 0 Å². The second-order valence-corrected chi connectivity index (χ2v) is 6.69. The Bertz CT molecular complexity index is 316. The Morgan fingerprint density at radius 3 is 2.40 bits per heavy atom. The largest absolute Gasteiger partial charge is 0.382 e. The molecule has 0 spiro atoms. The standard InChI is InChI=1S/C16H28O4/c1-3-9-15-11-18-16(19-12-15,20-14(15)10-17-2)13-7-5-4-6-8-13/h13-14H,3-12H2,1-2H3. The van der Waals surface area contributed by atoms with Crippen LogP contribution in [0.4, 0.5) is 0 Å². The normalized spacial score (nSPS) is 42.0. The van der Waals surface area contributed by atoms with E-state index in [1.165, 1.54) is 19.3 Å². The molecule has 1 unspecified atom stereocenters. The molecule has 4 heteroatoms. The third-order valence-corrected chi connectivity index (χ3v) is 5.28. The Hall–Kier alpha value is -0.160. The van der Waals surface area contributed by atoms with Gasteiger partial charge in [-0.05, 0) is 19.3 Å². The van der Waals surface area contributed by atoms with E-state index in [0.717, 1.165) is 38.9 Å². The van der Waals surface area contributed by atoms with E-state index in [-0.39, 0.29) is 11.5 Å². The van der Waals surface area contributed by atoms with Gasteiger partial charge in [0.2, 0.25) is 0 Å². The second kappa shape index (κ2) is 5.91. The molecule has 1 aliphatic carbocycles. The first kappa shape index (κ1) is 14.8. The lowest BCUT2D eigenvalue weighted by Crippen LogP contribution is -2.68. The Kier molecular flexibility index (Phi) is 4.37. The van der Waals surface area contributed by atoms with Crippen LogP contribution in [0.25, 0.3) is 0 Å². The first-order valence-electron chi connectivity index (χ1n) is 8.19.